The Bertz CT molecular complexity index is 1360. The molecule has 178 valence electrons. The maximum Gasteiger partial charge on any atom is 0.258 e. The minimum absolute atomic E-state index is 0.0109. The number of ether oxygens (including phenoxy) is 1. The molecule has 0 N–H and O–H groups in total. The summed E-state index contributed by atoms with van der Waals surface area (Å²) in [5.41, 5.74) is 1.49. The maximum absolute atomic E-state index is 13.6. The van der Waals surface area contributed by atoms with Crippen molar-refractivity contribution in [2.75, 3.05) is 37.7 Å². The molecule has 0 unspecified atom stereocenters. The van der Waals surface area contributed by atoms with Crippen LogP contribution < -0.4 is 9.64 Å². The number of carbonyl (C=O) groups is 1. The van der Waals surface area contributed by atoms with E-state index in [1.54, 1.807) is 6.20 Å². The van der Waals surface area contributed by atoms with Gasteiger partial charge < -0.3 is 19.1 Å². The predicted octanol–water partition coefficient (Wildman–Crippen LogP) is 4.52. The Morgan fingerprint density at radius 2 is 1.89 bits per heavy atom. The molecule has 2 aliphatic rings. The number of fused-ring (bicyclic) bond motifs is 1. The van der Waals surface area contributed by atoms with Crippen molar-refractivity contribution in [3.05, 3.63) is 66.2 Å². The standard InChI is InChI=1S/C27H27N5O3/c1-2-34-22-11-9-18-5-3-4-6-21(18)24(22)27(33)32-15-13-31(14-16-32)23-12-10-20(17-28-23)25-29-26(35-30-25)19-7-8-19/h3-6,9-12,17,19H,2,7-8,13-16H2,1H3. The first-order chi connectivity index (χ1) is 17.2. The molecule has 2 aromatic carbocycles. The molecule has 35 heavy (non-hydrogen) atoms. The highest BCUT2D eigenvalue weighted by molar-refractivity contribution is 6.09. The summed E-state index contributed by atoms with van der Waals surface area (Å²) in [6, 6.07) is 15.8. The molecule has 6 rings (SSSR count). The Morgan fingerprint density at radius 1 is 1.06 bits per heavy atom. The first-order valence-corrected chi connectivity index (χ1v) is 12.2. The Balaban J connectivity index is 1.15. The molecular weight excluding hydrogens is 442 g/mol. The van der Waals surface area contributed by atoms with Crippen LogP contribution in [-0.2, 0) is 0 Å². The van der Waals surface area contributed by atoms with E-state index in [1.807, 2.05) is 60.4 Å². The van der Waals surface area contributed by atoms with Crippen LogP contribution in [-0.4, -0.2) is 58.7 Å². The minimum Gasteiger partial charge on any atom is -0.493 e. The van der Waals surface area contributed by atoms with Crippen LogP contribution in [0, 0.1) is 0 Å². The molecule has 1 saturated heterocycles. The van der Waals surface area contributed by atoms with E-state index in [1.165, 1.54) is 0 Å². The fourth-order valence-electron chi connectivity index (χ4n) is 4.60. The van der Waals surface area contributed by atoms with E-state index in [9.17, 15) is 4.79 Å². The number of hydrogen-bond donors (Lipinski definition) is 0. The molecule has 2 aromatic heterocycles. The summed E-state index contributed by atoms with van der Waals surface area (Å²) in [5.74, 6) is 3.27. The van der Waals surface area contributed by atoms with Crippen molar-refractivity contribution >= 4 is 22.5 Å². The lowest BCUT2D eigenvalue weighted by molar-refractivity contribution is 0.0744. The molecule has 3 heterocycles. The van der Waals surface area contributed by atoms with Gasteiger partial charge in [-0.15, -0.1) is 0 Å². The predicted molar refractivity (Wildman–Crippen MR) is 133 cm³/mol. The van der Waals surface area contributed by atoms with Crippen molar-refractivity contribution in [1.29, 1.82) is 0 Å². The van der Waals surface area contributed by atoms with Gasteiger partial charge in [0.25, 0.3) is 5.91 Å². The lowest BCUT2D eigenvalue weighted by atomic mass is 10.0. The molecule has 0 atom stereocenters. The summed E-state index contributed by atoms with van der Waals surface area (Å²) in [6.07, 6.45) is 4.04. The monoisotopic (exact) mass is 469 g/mol. The summed E-state index contributed by atoms with van der Waals surface area (Å²) < 4.78 is 11.2. The molecular formula is C27H27N5O3. The van der Waals surface area contributed by atoms with Gasteiger partial charge in [-0.2, -0.15) is 4.98 Å². The Hall–Kier alpha value is -3.94. The lowest BCUT2D eigenvalue weighted by Gasteiger charge is -2.35. The fraction of sp³-hybridized carbons (Fsp3) is 0.333. The molecule has 0 radical (unpaired) electrons. The van der Waals surface area contributed by atoms with Crippen molar-refractivity contribution in [2.24, 2.45) is 0 Å². The highest BCUT2D eigenvalue weighted by atomic mass is 16.5. The second kappa shape index (κ2) is 9.02. The molecule has 4 aromatic rings. The zero-order valence-corrected chi connectivity index (χ0v) is 19.7. The third kappa shape index (κ3) is 4.20. The summed E-state index contributed by atoms with van der Waals surface area (Å²) in [5, 5.41) is 6.06. The Morgan fingerprint density at radius 3 is 2.63 bits per heavy atom. The van der Waals surface area contributed by atoms with E-state index in [4.69, 9.17) is 9.26 Å². The molecule has 0 spiro atoms. The zero-order chi connectivity index (χ0) is 23.8. The van der Waals surface area contributed by atoms with Gasteiger partial charge in [0.2, 0.25) is 11.7 Å². The van der Waals surface area contributed by atoms with Crippen LogP contribution >= 0.6 is 0 Å². The van der Waals surface area contributed by atoms with Crippen molar-refractivity contribution in [3.63, 3.8) is 0 Å². The van der Waals surface area contributed by atoms with Gasteiger partial charge in [-0.1, -0.05) is 35.5 Å². The number of carbonyl (C=O) groups excluding carboxylic acids is 1. The van der Waals surface area contributed by atoms with Gasteiger partial charge in [0.15, 0.2) is 0 Å². The van der Waals surface area contributed by atoms with Crippen LogP contribution in [0.5, 0.6) is 5.75 Å². The molecule has 8 nitrogen and oxygen atoms in total. The van der Waals surface area contributed by atoms with Gasteiger partial charge in [0, 0.05) is 43.9 Å². The van der Waals surface area contributed by atoms with Gasteiger partial charge in [0.1, 0.15) is 11.6 Å². The van der Waals surface area contributed by atoms with Gasteiger partial charge in [0.05, 0.1) is 12.2 Å². The van der Waals surface area contributed by atoms with Gasteiger partial charge in [-0.3, -0.25) is 4.79 Å². The van der Waals surface area contributed by atoms with Crippen LogP contribution in [0.1, 0.15) is 41.9 Å². The van der Waals surface area contributed by atoms with Crippen LogP contribution in [0.4, 0.5) is 5.82 Å². The number of anilines is 1. The molecule has 1 saturated carbocycles. The van der Waals surface area contributed by atoms with Gasteiger partial charge >= 0.3 is 0 Å². The van der Waals surface area contributed by atoms with Crippen molar-refractivity contribution < 1.29 is 14.1 Å². The van der Waals surface area contributed by atoms with Crippen molar-refractivity contribution in [2.45, 2.75) is 25.7 Å². The largest absolute Gasteiger partial charge is 0.493 e. The first kappa shape index (κ1) is 21.6. The fourth-order valence-corrected chi connectivity index (χ4v) is 4.60. The van der Waals surface area contributed by atoms with E-state index in [2.05, 4.69) is 20.0 Å². The smallest absolute Gasteiger partial charge is 0.258 e. The van der Waals surface area contributed by atoms with Crippen LogP contribution in [0.15, 0.2) is 59.3 Å². The van der Waals surface area contributed by atoms with E-state index in [0.29, 0.717) is 55.8 Å². The number of pyridine rings is 1. The number of hydrogen-bond acceptors (Lipinski definition) is 7. The first-order valence-electron chi connectivity index (χ1n) is 12.2. The highest BCUT2D eigenvalue weighted by Gasteiger charge is 2.30. The van der Waals surface area contributed by atoms with E-state index >= 15 is 0 Å². The second-order valence-electron chi connectivity index (χ2n) is 9.01. The number of aromatic nitrogens is 3. The van der Waals surface area contributed by atoms with E-state index < -0.39 is 0 Å². The van der Waals surface area contributed by atoms with Crippen LogP contribution in [0.2, 0.25) is 0 Å². The lowest BCUT2D eigenvalue weighted by Crippen LogP contribution is -2.49. The van der Waals surface area contributed by atoms with E-state index in [-0.39, 0.29) is 5.91 Å². The third-order valence-corrected chi connectivity index (χ3v) is 6.67. The molecule has 1 aliphatic heterocycles. The average molecular weight is 470 g/mol. The summed E-state index contributed by atoms with van der Waals surface area (Å²) in [4.78, 5) is 26.8. The number of piperazine rings is 1. The zero-order valence-electron chi connectivity index (χ0n) is 19.7. The normalized spacial score (nSPS) is 16.0. The summed E-state index contributed by atoms with van der Waals surface area (Å²) >= 11 is 0. The summed E-state index contributed by atoms with van der Waals surface area (Å²) in [7, 11) is 0. The van der Waals surface area contributed by atoms with Crippen LogP contribution in [0.3, 0.4) is 0 Å². The number of benzene rings is 2. The SMILES string of the molecule is CCOc1ccc2ccccc2c1C(=O)N1CCN(c2ccc(-c3noc(C4CC4)n3)cn2)CC1. The van der Waals surface area contributed by atoms with Crippen molar-refractivity contribution in [1.82, 2.24) is 20.0 Å². The van der Waals surface area contributed by atoms with Crippen LogP contribution in [0.25, 0.3) is 22.2 Å². The third-order valence-electron chi connectivity index (χ3n) is 6.67. The number of rotatable bonds is 6. The molecule has 8 heteroatoms. The van der Waals surface area contributed by atoms with Crippen molar-refractivity contribution in [3.8, 4) is 17.1 Å². The minimum atomic E-state index is 0.0109. The molecule has 1 amide bonds. The molecule has 1 aliphatic carbocycles. The summed E-state index contributed by atoms with van der Waals surface area (Å²) in [6.45, 7) is 5.10. The topological polar surface area (TPSA) is 84.6 Å². The van der Waals surface area contributed by atoms with Gasteiger partial charge in [-0.25, -0.2) is 4.98 Å². The maximum atomic E-state index is 13.6. The quantitative estimate of drug-likeness (QED) is 0.410. The average Bonchev–Trinajstić information content (AvgIpc) is 3.65. The number of amides is 1. The van der Waals surface area contributed by atoms with E-state index in [0.717, 1.165) is 40.9 Å². The number of nitrogens with zero attached hydrogens (tertiary/aromatic N) is 5. The van der Waals surface area contributed by atoms with Gasteiger partial charge in [-0.05, 0) is 48.7 Å². The molecule has 2 fully saturated rings. The highest BCUT2D eigenvalue weighted by Crippen LogP contribution is 2.39. The Kier molecular flexibility index (Phi) is 5.56. The second-order valence-corrected chi connectivity index (χ2v) is 9.01. The molecule has 0 bridgehead atoms. The Labute approximate surface area is 203 Å².